The van der Waals surface area contributed by atoms with Crippen LogP contribution in [-0.4, -0.2) is 21.6 Å². The molecule has 21 heavy (non-hydrogen) atoms. The molecule has 0 aliphatic heterocycles. The summed E-state index contributed by atoms with van der Waals surface area (Å²) in [4.78, 5) is -0.198. The number of hydrogen-bond acceptors (Lipinski definition) is 4. The van der Waals surface area contributed by atoms with E-state index in [4.69, 9.17) is 40.0 Å². The molecule has 0 heterocycles. The highest BCUT2D eigenvalue weighted by Crippen LogP contribution is 2.37. The summed E-state index contributed by atoms with van der Waals surface area (Å²) in [5.41, 5.74) is -0.515. The van der Waals surface area contributed by atoms with E-state index in [0.717, 1.165) is 24.1 Å². The molecule has 1 unspecified atom stereocenters. The summed E-state index contributed by atoms with van der Waals surface area (Å²) in [6.45, 7) is 0. The number of halogens is 4. The molecule has 0 bridgehead atoms. The van der Waals surface area contributed by atoms with Crippen LogP contribution in [0.5, 0.6) is 0 Å². The van der Waals surface area contributed by atoms with E-state index < -0.39 is 16.4 Å². The zero-order chi connectivity index (χ0) is 15.6. The molecule has 1 aliphatic carbocycles. The monoisotopic (exact) mass is 368 g/mol. The summed E-state index contributed by atoms with van der Waals surface area (Å²) in [7, 11) is 0. The first-order valence-corrected chi connectivity index (χ1v) is 7.45. The molecule has 0 spiro atoms. The van der Waals surface area contributed by atoms with Crippen LogP contribution in [0.1, 0.15) is 0 Å². The number of rotatable bonds is 3. The highest BCUT2D eigenvalue weighted by molar-refractivity contribution is 7.97. The molecule has 112 valence electrons. The van der Waals surface area contributed by atoms with E-state index in [9.17, 15) is 9.60 Å². The molecule has 0 saturated heterocycles. The Kier molecular flexibility index (Phi) is 5.06. The molecular weight excluding hydrogens is 362 g/mol. The van der Waals surface area contributed by atoms with Crippen LogP contribution in [0.4, 0.5) is 4.39 Å². The summed E-state index contributed by atoms with van der Waals surface area (Å²) in [5.74, 6) is -2.37. The Bertz CT molecular complexity index is 639. The van der Waals surface area contributed by atoms with Gasteiger partial charge in [-0.05, 0) is 30.2 Å². The Morgan fingerprint density at radius 3 is 2.43 bits per heavy atom. The maximum absolute atomic E-state index is 14.7. The maximum atomic E-state index is 14.7. The number of nitrogens with zero attached hydrogens (tertiary/aromatic N) is 1. The number of benzene rings is 1. The minimum absolute atomic E-state index is 0.230. The van der Waals surface area contributed by atoms with Crippen LogP contribution < -0.4 is 4.72 Å². The van der Waals surface area contributed by atoms with Gasteiger partial charge in [-0.15, -0.1) is 0 Å². The molecule has 1 aromatic carbocycles. The van der Waals surface area contributed by atoms with Gasteiger partial charge in [0, 0.05) is 16.0 Å². The Balaban J connectivity index is 2.25. The van der Waals surface area contributed by atoms with Crippen molar-refractivity contribution in [1.82, 2.24) is 4.72 Å². The van der Waals surface area contributed by atoms with E-state index >= 15 is 0 Å². The maximum Gasteiger partial charge on any atom is 0.301 e. The molecule has 0 amide bonds. The number of nitrogens with one attached hydrogen (secondary N) is 1. The van der Waals surface area contributed by atoms with Crippen LogP contribution in [0.25, 0.3) is 0 Å². The Labute approximate surface area is 139 Å². The third kappa shape index (κ3) is 3.64. The van der Waals surface area contributed by atoms with Crippen molar-refractivity contribution < 1.29 is 14.5 Å². The largest absolute Gasteiger partial charge is 0.417 e. The van der Waals surface area contributed by atoms with Crippen molar-refractivity contribution in [2.45, 2.75) is 10.7 Å². The number of allylic oxidation sites excluding steroid dienone is 2. The molecule has 9 heteroatoms. The third-order valence-corrected chi connectivity index (χ3v) is 4.62. The van der Waals surface area contributed by atoms with Crippen LogP contribution in [0.15, 0.2) is 41.3 Å². The molecule has 0 aromatic heterocycles. The minimum atomic E-state index is -2.37. The van der Waals surface area contributed by atoms with Crippen LogP contribution in [0.2, 0.25) is 15.1 Å². The van der Waals surface area contributed by atoms with Gasteiger partial charge >= 0.3 is 5.71 Å². The highest BCUT2D eigenvalue weighted by Gasteiger charge is 2.41. The summed E-state index contributed by atoms with van der Waals surface area (Å²) in [6.07, 6.45) is 5.04. The fraction of sp³-hybridized carbons (Fsp3) is 0.0833. The average molecular weight is 370 g/mol. The normalized spacial score (nSPS) is 23.4. The topological polar surface area (TPSA) is 58.3 Å². The lowest BCUT2D eigenvalue weighted by Gasteiger charge is -2.21. The summed E-state index contributed by atoms with van der Waals surface area (Å²) in [5, 5.41) is 20.8. The van der Waals surface area contributed by atoms with Crippen molar-refractivity contribution in [3.05, 3.63) is 56.7 Å². The van der Waals surface area contributed by atoms with Crippen molar-refractivity contribution in [1.29, 1.82) is 0 Å². The summed E-state index contributed by atoms with van der Waals surface area (Å²) < 4.78 is 17.1. The average Bonchev–Trinajstić information content (AvgIpc) is 2.37. The molecular formula is C12H8Cl3FN2O2S. The van der Waals surface area contributed by atoms with Gasteiger partial charge < -0.3 is 5.21 Å². The van der Waals surface area contributed by atoms with Gasteiger partial charge in [0.25, 0.3) is 5.79 Å². The fourth-order valence-electron chi connectivity index (χ4n) is 1.58. The molecule has 0 fully saturated rings. The molecule has 2 N–H and O–H groups in total. The second-order valence-corrected chi connectivity index (χ2v) is 6.06. The van der Waals surface area contributed by atoms with Crippen molar-refractivity contribution in [2.24, 2.45) is 0 Å². The van der Waals surface area contributed by atoms with Gasteiger partial charge in [-0.2, -0.15) is 0 Å². The molecule has 0 radical (unpaired) electrons. The number of hydrogen-bond donors (Lipinski definition) is 2. The zero-order valence-electron chi connectivity index (χ0n) is 10.2. The first kappa shape index (κ1) is 16.5. The van der Waals surface area contributed by atoms with Crippen molar-refractivity contribution in [2.75, 3.05) is 0 Å². The van der Waals surface area contributed by atoms with Gasteiger partial charge in [0.15, 0.2) is 0 Å². The van der Waals surface area contributed by atoms with Gasteiger partial charge in [-0.3, -0.25) is 5.21 Å². The van der Waals surface area contributed by atoms with Gasteiger partial charge in [-0.25, -0.2) is 9.11 Å². The van der Waals surface area contributed by atoms with Crippen LogP contribution in [-0.2, 0) is 0 Å². The van der Waals surface area contributed by atoms with Gasteiger partial charge in [0.05, 0.1) is 14.9 Å². The standard InChI is InChI=1S/C12H8Cl3FN2O2S/c13-7-5-8(14)11(9(15)6-7)21-17-12(16)4-2-1-3-10(12)18(19)20/h1-6,17H,(H,19,20). The quantitative estimate of drug-likeness (QED) is 0.273. The SMILES string of the molecule is [O-]/[N+](O)=C1\C=CC=CC1(F)NSc1c(Cl)cc(Cl)cc1Cl. The first-order valence-electron chi connectivity index (χ1n) is 5.50. The molecule has 0 saturated carbocycles. The first-order chi connectivity index (χ1) is 9.83. The Morgan fingerprint density at radius 1 is 1.24 bits per heavy atom. The van der Waals surface area contributed by atoms with Crippen molar-refractivity contribution in [3.63, 3.8) is 0 Å². The summed E-state index contributed by atoms with van der Waals surface area (Å²) >= 11 is 18.5. The zero-order valence-corrected chi connectivity index (χ0v) is 13.3. The Hall–Kier alpha value is -0.920. The van der Waals surface area contributed by atoms with E-state index in [1.54, 1.807) is 0 Å². The van der Waals surface area contributed by atoms with E-state index in [1.165, 1.54) is 24.3 Å². The Morgan fingerprint density at radius 2 is 1.86 bits per heavy atom. The number of alkyl halides is 1. The lowest BCUT2D eigenvalue weighted by molar-refractivity contribution is -0.727. The van der Waals surface area contributed by atoms with E-state index in [2.05, 4.69) is 4.72 Å². The predicted molar refractivity (Wildman–Crippen MR) is 83.0 cm³/mol. The van der Waals surface area contributed by atoms with E-state index in [1.807, 2.05) is 0 Å². The van der Waals surface area contributed by atoms with E-state index in [-0.39, 0.29) is 10.0 Å². The van der Waals surface area contributed by atoms with Crippen LogP contribution in [0, 0.1) is 5.21 Å². The second kappa shape index (κ2) is 6.46. The highest BCUT2D eigenvalue weighted by atomic mass is 35.5. The molecule has 1 atom stereocenters. The van der Waals surface area contributed by atoms with Gasteiger partial charge in [-0.1, -0.05) is 47.0 Å². The lowest BCUT2D eigenvalue weighted by atomic mass is 10.1. The van der Waals surface area contributed by atoms with E-state index in [0.29, 0.717) is 9.92 Å². The molecule has 1 aliphatic rings. The van der Waals surface area contributed by atoms with Crippen molar-refractivity contribution >= 4 is 52.5 Å². The minimum Gasteiger partial charge on any atom is -0.417 e. The third-order valence-electron chi connectivity index (χ3n) is 2.53. The fourth-order valence-corrected chi connectivity index (χ4v) is 3.37. The van der Waals surface area contributed by atoms with Gasteiger partial charge in [0.2, 0.25) is 0 Å². The smallest absolute Gasteiger partial charge is 0.301 e. The lowest BCUT2D eigenvalue weighted by Crippen LogP contribution is -2.46. The molecule has 2 rings (SSSR count). The van der Waals surface area contributed by atoms with Crippen LogP contribution in [0.3, 0.4) is 0 Å². The second-order valence-electron chi connectivity index (χ2n) is 3.99. The van der Waals surface area contributed by atoms with Crippen LogP contribution >= 0.6 is 46.8 Å². The molecule has 1 aromatic rings. The van der Waals surface area contributed by atoms with Gasteiger partial charge in [0.1, 0.15) is 0 Å². The van der Waals surface area contributed by atoms with Crippen molar-refractivity contribution in [3.8, 4) is 0 Å². The predicted octanol–water partition coefficient (Wildman–Crippen LogP) is 4.38. The summed E-state index contributed by atoms with van der Waals surface area (Å²) in [6, 6.07) is 2.91. The molecule has 4 nitrogen and oxygen atoms in total.